The first-order valence-electron chi connectivity index (χ1n) is 8.34. The minimum atomic E-state index is -0.0768. The average molecular weight is 340 g/mol. The predicted octanol–water partition coefficient (Wildman–Crippen LogP) is 2.99. The van der Waals surface area contributed by atoms with Crippen LogP contribution in [0.15, 0.2) is 30.6 Å². The lowest BCUT2D eigenvalue weighted by Gasteiger charge is -2.13. The second kappa shape index (κ2) is 6.63. The molecule has 0 saturated carbocycles. The van der Waals surface area contributed by atoms with Crippen LogP contribution in [0, 0.1) is 13.8 Å². The van der Waals surface area contributed by atoms with E-state index in [1.54, 1.807) is 7.11 Å². The fourth-order valence-corrected chi connectivity index (χ4v) is 3.06. The van der Waals surface area contributed by atoms with Gasteiger partial charge in [0.15, 0.2) is 0 Å². The summed E-state index contributed by atoms with van der Waals surface area (Å²) in [6.07, 6.45) is 3.80. The van der Waals surface area contributed by atoms with Crippen LogP contribution in [0.1, 0.15) is 34.6 Å². The molecule has 1 N–H and O–H groups in total. The Morgan fingerprint density at radius 2 is 2.12 bits per heavy atom. The fourth-order valence-electron chi connectivity index (χ4n) is 3.06. The van der Waals surface area contributed by atoms with E-state index < -0.39 is 0 Å². The van der Waals surface area contributed by atoms with Crippen molar-refractivity contribution < 1.29 is 9.53 Å². The van der Waals surface area contributed by atoms with Crippen LogP contribution >= 0.6 is 0 Å². The van der Waals surface area contributed by atoms with Crippen molar-refractivity contribution >= 4 is 16.8 Å². The third kappa shape index (κ3) is 3.12. The molecule has 0 unspecified atom stereocenters. The van der Waals surface area contributed by atoms with Crippen LogP contribution in [0.3, 0.4) is 0 Å². The first kappa shape index (κ1) is 17.1. The Kier molecular flexibility index (Phi) is 4.53. The van der Waals surface area contributed by atoms with Crippen molar-refractivity contribution in [2.24, 2.45) is 7.05 Å². The zero-order chi connectivity index (χ0) is 18.1. The van der Waals surface area contributed by atoms with Crippen LogP contribution in [0.4, 0.5) is 0 Å². The van der Waals surface area contributed by atoms with Crippen LogP contribution < -0.4 is 10.1 Å². The number of hydrogen-bond donors (Lipinski definition) is 1. The van der Waals surface area contributed by atoms with E-state index in [0.29, 0.717) is 12.1 Å². The van der Waals surface area contributed by atoms with Gasteiger partial charge in [0.1, 0.15) is 5.75 Å². The summed E-state index contributed by atoms with van der Waals surface area (Å²) < 4.78 is 9.21. The molecule has 0 aliphatic carbocycles. The van der Waals surface area contributed by atoms with E-state index in [9.17, 15) is 4.79 Å². The maximum absolute atomic E-state index is 12.8. The quantitative estimate of drug-likeness (QED) is 0.777. The van der Waals surface area contributed by atoms with Crippen molar-refractivity contribution in [2.45, 2.75) is 26.8 Å². The zero-order valence-corrected chi connectivity index (χ0v) is 15.3. The van der Waals surface area contributed by atoms with Crippen LogP contribution in [-0.4, -0.2) is 33.9 Å². The normalized spacial score (nSPS) is 12.4. The Morgan fingerprint density at radius 3 is 2.76 bits per heavy atom. The highest BCUT2D eigenvalue weighted by atomic mass is 16.5. The molecule has 0 saturated heterocycles. The Balaban J connectivity index is 1.85. The standard InChI is InChI=1S/C19H24N4O2/c1-12-9-21-23(11-12)13(2)10-20-19(24)18-14(3)22(4)17-7-6-15(25-5)8-16(17)18/h6-9,11,13H,10H2,1-5H3,(H,20,24)/t13-/m0/s1. The first-order chi connectivity index (χ1) is 11.9. The van der Waals surface area contributed by atoms with E-state index in [-0.39, 0.29) is 11.9 Å². The molecule has 0 bridgehead atoms. The van der Waals surface area contributed by atoms with Crippen LogP contribution in [-0.2, 0) is 7.05 Å². The molecule has 1 atom stereocenters. The number of carbonyl (C=O) groups excluding carboxylic acids is 1. The summed E-state index contributed by atoms with van der Waals surface area (Å²) >= 11 is 0. The Bertz CT molecular complexity index is 923. The number of rotatable bonds is 5. The molecule has 6 heteroatoms. The fraction of sp³-hybridized carbons (Fsp3) is 0.368. The van der Waals surface area contributed by atoms with E-state index in [2.05, 4.69) is 10.4 Å². The monoisotopic (exact) mass is 340 g/mol. The van der Waals surface area contributed by atoms with Crippen LogP contribution in [0.25, 0.3) is 10.9 Å². The van der Waals surface area contributed by atoms with E-state index in [1.807, 2.05) is 67.7 Å². The summed E-state index contributed by atoms with van der Waals surface area (Å²) in [5, 5.41) is 8.24. The molecule has 3 rings (SSSR count). The smallest absolute Gasteiger partial charge is 0.253 e. The highest BCUT2D eigenvalue weighted by Gasteiger charge is 2.19. The number of methoxy groups -OCH3 is 1. The van der Waals surface area contributed by atoms with Crippen molar-refractivity contribution in [3.63, 3.8) is 0 Å². The number of fused-ring (bicyclic) bond motifs is 1. The summed E-state index contributed by atoms with van der Waals surface area (Å²) in [5.74, 6) is 0.666. The molecule has 2 heterocycles. The lowest BCUT2D eigenvalue weighted by Crippen LogP contribution is -2.30. The molecule has 6 nitrogen and oxygen atoms in total. The van der Waals surface area contributed by atoms with Crippen molar-refractivity contribution in [2.75, 3.05) is 13.7 Å². The SMILES string of the molecule is COc1ccc2c(c1)c(C(=O)NC[C@H](C)n1cc(C)cn1)c(C)n2C. The van der Waals surface area contributed by atoms with Gasteiger partial charge in [0.05, 0.1) is 24.9 Å². The largest absolute Gasteiger partial charge is 0.497 e. The molecular weight excluding hydrogens is 316 g/mol. The second-order valence-electron chi connectivity index (χ2n) is 6.46. The molecule has 0 fully saturated rings. The topological polar surface area (TPSA) is 61.1 Å². The third-order valence-corrected chi connectivity index (χ3v) is 4.67. The number of aromatic nitrogens is 3. The third-order valence-electron chi connectivity index (χ3n) is 4.67. The lowest BCUT2D eigenvalue weighted by molar-refractivity contribution is 0.0948. The summed E-state index contributed by atoms with van der Waals surface area (Å²) in [4.78, 5) is 12.8. The molecule has 1 aromatic carbocycles. The Morgan fingerprint density at radius 1 is 1.36 bits per heavy atom. The number of benzene rings is 1. The zero-order valence-electron chi connectivity index (χ0n) is 15.3. The van der Waals surface area contributed by atoms with Crippen LogP contribution in [0.5, 0.6) is 5.75 Å². The highest BCUT2D eigenvalue weighted by molar-refractivity contribution is 6.08. The molecule has 2 aromatic heterocycles. The molecular formula is C19H24N4O2. The Hall–Kier alpha value is -2.76. The number of hydrogen-bond acceptors (Lipinski definition) is 3. The number of amides is 1. The molecule has 132 valence electrons. The summed E-state index contributed by atoms with van der Waals surface area (Å²) in [6, 6.07) is 5.89. The maximum Gasteiger partial charge on any atom is 0.253 e. The number of aryl methyl sites for hydroxylation is 2. The van der Waals surface area contributed by atoms with E-state index in [4.69, 9.17) is 4.74 Å². The van der Waals surface area contributed by atoms with Gasteiger partial charge in [0.2, 0.25) is 0 Å². The minimum absolute atomic E-state index is 0.0768. The second-order valence-corrected chi connectivity index (χ2v) is 6.46. The van der Waals surface area contributed by atoms with Gasteiger partial charge >= 0.3 is 0 Å². The van der Waals surface area contributed by atoms with E-state index in [1.165, 1.54) is 0 Å². The molecule has 1 amide bonds. The van der Waals surface area contributed by atoms with Gasteiger partial charge in [-0.15, -0.1) is 0 Å². The molecule has 0 spiro atoms. The molecule has 0 aliphatic rings. The van der Waals surface area contributed by atoms with Crippen LogP contribution in [0.2, 0.25) is 0 Å². The predicted molar refractivity (Wildman–Crippen MR) is 98.2 cm³/mol. The highest BCUT2D eigenvalue weighted by Crippen LogP contribution is 2.28. The molecule has 0 aliphatic heterocycles. The van der Waals surface area contributed by atoms with Gasteiger partial charge in [-0.25, -0.2) is 0 Å². The first-order valence-corrected chi connectivity index (χ1v) is 8.34. The molecule has 3 aromatic rings. The van der Waals surface area contributed by atoms with Crippen molar-refractivity contribution in [3.8, 4) is 5.75 Å². The van der Waals surface area contributed by atoms with Gasteiger partial charge in [-0.1, -0.05) is 0 Å². The summed E-state index contributed by atoms with van der Waals surface area (Å²) in [5.41, 5.74) is 3.75. The van der Waals surface area contributed by atoms with Gasteiger partial charge in [0.25, 0.3) is 5.91 Å². The van der Waals surface area contributed by atoms with Gasteiger partial charge in [-0.2, -0.15) is 5.10 Å². The summed E-state index contributed by atoms with van der Waals surface area (Å²) in [7, 11) is 3.60. The Labute approximate surface area is 147 Å². The minimum Gasteiger partial charge on any atom is -0.497 e. The number of nitrogens with one attached hydrogen (secondary N) is 1. The van der Waals surface area contributed by atoms with E-state index in [0.717, 1.165) is 27.9 Å². The van der Waals surface area contributed by atoms with Crippen molar-refractivity contribution in [1.29, 1.82) is 0 Å². The van der Waals surface area contributed by atoms with Gasteiger partial charge in [0, 0.05) is 36.4 Å². The van der Waals surface area contributed by atoms with Gasteiger partial charge in [-0.3, -0.25) is 9.48 Å². The summed E-state index contributed by atoms with van der Waals surface area (Å²) in [6.45, 7) is 6.51. The number of ether oxygens (including phenoxy) is 1. The van der Waals surface area contributed by atoms with Gasteiger partial charge < -0.3 is 14.6 Å². The number of carbonyl (C=O) groups is 1. The van der Waals surface area contributed by atoms with E-state index >= 15 is 0 Å². The maximum atomic E-state index is 12.8. The number of nitrogens with zero attached hydrogens (tertiary/aromatic N) is 3. The lowest BCUT2D eigenvalue weighted by atomic mass is 10.1. The van der Waals surface area contributed by atoms with Crippen molar-refractivity contribution in [3.05, 3.63) is 47.4 Å². The van der Waals surface area contributed by atoms with Crippen molar-refractivity contribution in [1.82, 2.24) is 19.7 Å². The molecule has 0 radical (unpaired) electrons. The average Bonchev–Trinajstić information content (AvgIpc) is 3.14. The molecule has 25 heavy (non-hydrogen) atoms. The van der Waals surface area contributed by atoms with Gasteiger partial charge in [-0.05, 0) is 44.5 Å².